The van der Waals surface area contributed by atoms with E-state index in [1.54, 1.807) is 6.07 Å². The van der Waals surface area contributed by atoms with Gasteiger partial charge in [-0.05, 0) is 48.7 Å². The molecule has 94 valence electrons. The number of halogens is 1. The van der Waals surface area contributed by atoms with Crippen molar-refractivity contribution in [2.75, 3.05) is 0 Å². The maximum atomic E-state index is 5.92. The summed E-state index contributed by atoms with van der Waals surface area (Å²) in [5.41, 5.74) is 6.46. The third kappa shape index (κ3) is 2.32. The number of aryl methyl sites for hydroxylation is 2. The van der Waals surface area contributed by atoms with E-state index in [1.807, 2.05) is 18.3 Å². The number of hydrogen-bond donors (Lipinski definition) is 0. The van der Waals surface area contributed by atoms with Crippen LogP contribution in [0.1, 0.15) is 11.1 Å². The summed E-state index contributed by atoms with van der Waals surface area (Å²) >= 11 is 5.92. The second-order valence-corrected chi connectivity index (χ2v) is 5.08. The minimum absolute atomic E-state index is 0.492. The largest absolute Gasteiger partial charge is 0.254 e. The molecule has 3 heteroatoms. The topological polar surface area (TPSA) is 25.8 Å². The van der Waals surface area contributed by atoms with Crippen LogP contribution in [0.3, 0.4) is 0 Å². The zero-order chi connectivity index (χ0) is 13.4. The Kier molecular flexibility index (Phi) is 2.96. The van der Waals surface area contributed by atoms with E-state index in [2.05, 4.69) is 42.0 Å². The SMILES string of the molecule is Cc1ccc(-c2cnc3ccc(Cl)nc3c2)cc1C. The summed E-state index contributed by atoms with van der Waals surface area (Å²) in [4.78, 5) is 8.73. The van der Waals surface area contributed by atoms with Crippen molar-refractivity contribution >= 4 is 22.6 Å². The van der Waals surface area contributed by atoms with Crippen LogP contribution in [0, 0.1) is 13.8 Å². The van der Waals surface area contributed by atoms with Crippen molar-refractivity contribution in [1.82, 2.24) is 9.97 Å². The molecule has 0 amide bonds. The molecule has 0 aliphatic heterocycles. The monoisotopic (exact) mass is 268 g/mol. The Morgan fingerprint density at radius 1 is 0.842 bits per heavy atom. The summed E-state index contributed by atoms with van der Waals surface area (Å²) < 4.78 is 0. The number of hydrogen-bond acceptors (Lipinski definition) is 2. The number of aromatic nitrogens is 2. The Bertz CT molecular complexity index is 766. The van der Waals surface area contributed by atoms with Crippen molar-refractivity contribution in [2.45, 2.75) is 13.8 Å². The highest BCUT2D eigenvalue weighted by molar-refractivity contribution is 6.29. The minimum Gasteiger partial charge on any atom is -0.254 e. The van der Waals surface area contributed by atoms with E-state index >= 15 is 0 Å². The van der Waals surface area contributed by atoms with Gasteiger partial charge in [0.1, 0.15) is 5.15 Å². The molecule has 0 aliphatic carbocycles. The molecule has 3 aromatic rings. The third-order valence-corrected chi connectivity index (χ3v) is 3.55. The summed E-state index contributed by atoms with van der Waals surface area (Å²) in [5, 5.41) is 0.492. The number of benzene rings is 1. The van der Waals surface area contributed by atoms with Crippen molar-refractivity contribution in [2.24, 2.45) is 0 Å². The van der Waals surface area contributed by atoms with Crippen LogP contribution in [0.5, 0.6) is 0 Å². The van der Waals surface area contributed by atoms with Crippen molar-refractivity contribution in [3.05, 3.63) is 58.9 Å². The molecular formula is C16H13ClN2. The lowest BCUT2D eigenvalue weighted by Gasteiger charge is -2.06. The molecule has 0 radical (unpaired) electrons. The third-order valence-electron chi connectivity index (χ3n) is 3.34. The van der Waals surface area contributed by atoms with Gasteiger partial charge >= 0.3 is 0 Å². The summed E-state index contributed by atoms with van der Waals surface area (Å²) in [7, 11) is 0. The van der Waals surface area contributed by atoms with E-state index in [4.69, 9.17) is 11.6 Å². The van der Waals surface area contributed by atoms with E-state index in [-0.39, 0.29) is 0 Å². The number of nitrogens with zero attached hydrogens (tertiary/aromatic N) is 2. The normalized spacial score (nSPS) is 10.9. The molecule has 0 atom stereocenters. The summed E-state index contributed by atoms with van der Waals surface area (Å²) in [5.74, 6) is 0. The Balaban J connectivity index is 2.16. The van der Waals surface area contributed by atoms with Crippen molar-refractivity contribution in [3.63, 3.8) is 0 Å². The van der Waals surface area contributed by atoms with Gasteiger partial charge in [0, 0.05) is 11.8 Å². The average Bonchev–Trinajstić information content (AvgIpc) is 2.41. The zero-order valence-corrected chi connectivity index (χ0v) is 11.6. The standard InChI is InChI=1S/C16H13ClN2/c1-10-3-4-12(7-11(10)2)13-8-15-14(18-9-13)5-6-16(17)19-15/h3-9H,1-2H3. The van der Waals surface area contributed by atoms with Crippen LogP contribution in [-0.2, 0) is 0 Å². The maximum absolute atomic E-state index is 5.92. The molecule has 19 heavy (non-hydrogen) atoms. The smallest absolute Gasteiger partial charge is 0.129 e. The molecule has 2 heterocycles. The number of pyridine rings is 2. The van der Waals surface area contributed by atoms with Gasteiger partial charge < -0.3 is 0 Å². The Morgan fingerprint density at radius 3 is 2.47 bits per heavy atom. The van der Waals surface area contributed by atoms with Gasteiger partial charge in [-0.2, -0.15) is 0 Å². The molecule has 0 saturated carbocycles. The van der Waals surface area contributed by atoms with Crippen molar-refractivity contribution < 1.29 is 0 Å². The Hall–Kier alpha value is -1.93. The lowest BCUT2D eigenvalue weighted by atomic mass is 10.0. The highest BCUT2D eigenvalue weighted by Gasteiger charge is 2.04. The summed E-state index contributed by atoms with van der Waals surface area (Å²) in [6, 6.07) is 12.1. The first-order chi connectivity index (χ1) is 9.13. The fourth-order valence-electron chi connectivity index (χ4n) is 2.06. The fourth-order valence-corrected chi connectivity index (χ4v) is 2.21. The molecular weight excluding hydrogens is 256 g/mol. The van der Waals surface area contributed by atoms with Crippen LogP contribution >= 0.6 is 11.6 Å². The minimum atomic E-state index is 0.492. The first-order valence-electron chi connectivity index (χ1n) is 6.13. The molecule has 0 fully saturated rings. The second kappa shape index (κ2) is 4.63. The first-order valence-corrected chi connectivity index (χ1v) is 6.51. The van der Waals surface area contributed by atoms with E-state index in [9.17, 15) is 0 Å². The molecule has 2 aromatic heterocycles. The van der Waals surface area contributed by atoms with Crippen LogP contribution < -0.4 is 0 Å². The number of fused-ring (bicyclic) bond motifs is 1. The quantitative estimate of drug-likeness (QED) is 0.604. The van der Waals surface area contributed by atoms with E-state index in [1.165, 1.54) is 11.1 Å². The van der Waals surface area contributed by atoms with Crippen LogP contribution in [0.25, 0.3) is 22.2 Å². The maximum Gasteiger partial charge on any atom is 0.129 e. The fraction of sp³-hybridized carbons (Fsp3) is 0.125. The molecule has 0 aliphatic rings. The highest BCUT2D eigenvalue weighted by atomic mass is 35.5. The Morgan fingerprint density at radius 2 is 1.68 bits per heavy atom. The average molecular weight is 269 g/mol. The van der Waals surface area contributed by atoms with Gasteiger partial charge in [-0.25, -0.2) is 4.98 Å². The van der Waals surface area contributed by atoms with Crippen LogP contribution in [0.2, 0.25) is 5.15 Å². The lowest BCUT2D eigenvalue weighted by Crippen LogP contribution is -1.88. The van der Waals surface area contributed by atoms with E-state index < -0.39 is 0 Å². The van der Waals surface area contributed by atoms with Gasteiger partial charge in [-0.3, -0.25) is 4.98 Å². The van der Waals surface area contributed by atoms with Crippen molar-refractivity contribution in [3.8, 4) is 11.1 Å². The predicted octanol–water partition coefficient (Wildman–Crippen LogP) is 4.57. The van der Waals surface area contributed by atoms with Gasteiger partial charge in [0.2, 0.25) is 0 Å². The molecule has 0 bridgehead atoms. The number of rotatable bonds is 1. The van der Waals surface area contributed by atoms with E-state index in [0.29, 0.717) is 5.15 Å². The molecule has 2 nitrogen and oxygen atoms in total. The highest BCUT2D eigenvalue weighted by Crippen LogP contribution is 2.24. The summed E-state index contributed by atoms with van der Waals surface area (Å²) in [6.45, 7) is 4.22. The van der Waals surface area contributed by atoms with Gasteiger partial charge in [0.25, 0.3) is 0 Å². The van der Waals surface area contributed by atoms with Gasteiger partial charge in [0.05, 0.1) is 11.0 Å². The molecule has 1 aromatic carbocycles. The molecule has 0 unspecified atom stereocenters. The Labute approximate surface area is 117 Å². The van der Waals surface area contributed by atoms with Crippen LogP contribution in [-0.4, -0.2) is 9.97 Å². The van der Waals surface area contributed by atoms with Crippen molar-refractivity contribution in [1.29, 1.82) is 0 Å². The van der Waals surface area contributed by atoms with Crippen LogP contribution in [0.4, 0.5) is 0 Å². The second-order valence-electron chi connectivity index (χ2n) is 4.70. The molecule has 0 spiro atoms. The van der Waals surface area contributed by atoms with Gasteiger partial charge in [-0.1, -0.05) is 29.8 Å². The van der Waals surface area contributed by atoms with Gasteiger partial charge in [-0.15, -0.1) is 0 Å². The first kappa shape index (κ1) is 12.1. The molecule has 0 N–H and O–H groups in total. The zero-order valence-electron chi connectivity index (χ0n) is 10.8. The molecule has 0 saturated heterocycles. The lowest BCUT2D eigenvalue weighted by molar-refractivity contribution is 1.32. The summed E-state index contributed by atoms with van der Waals surface area (Å²) in [6.07, 6.45) is 1.88. The predicted molar refractivity (Wildman–Crippen MR) is 79.5 cm³/mol. The van der Waals surface area contributed by atoms with Crippen LogP contribution in [0.15, 0.2) is 42.6 Å². The molecule has 3 rings (SSSR count). The van der Waals surface area contributed by atoms with E-state index in [0.717, 1.165) is 22.2 Å². The van der Waals surface area contributed by atoms with Gasteiger partial charge in [0.15, 0.2) is 0 Å².